The molecule has 1 atom stereocenters. The molecular weight excluding hydrogens is 324 g/mol. The molecule has 128 valence electrons. The number of hydrogen-bond donors (Lipinski definition) is 0. The van der Waals surface area contributed by atoms with Crippen molar-refractivity contribution < 1.29 is 4.79 Å². The highest BCUT2D eigenvalue weighted by molar-refractivity contribution is 6.09. The van der Waals surface area contributed by atoms with E-state index in [0.717, 1.165) is 30.5 Å². The number of amides is 1. The summed E-state index contributed by atoms with van der Waals surface area (Å²) >= 11 is 0. The van der Waals surface area contributed by atoms with Crippen molar-refractivity contribution in [3.8, 4) is 6.07 Å². The monoisotopic (exact) mass is 342 g/mol. The van der Waals surface area contributed by atoms with Crippen molar-refractivity contribution in [1.29, 1.82) is 5.26 Å². The molecule has 1 aromatic heterocycles. The van der Waals surface area contributed by atoms with Crippen LogP contribution >= 0.6 is 0 Å². The molecule has 1 unspecified atom stereocenters. The number of aromatic nitrogens is 1. The van der Waals surface area contributed by atoms with E-state index < -0.39 is 0 Å². The maximum Gasteiger partial charge on any atom is 0.274 e. The molecule has 1 aromatic carbocycles. The minimum absolute atomic E-state index is 0.0865. The standard InChI is InChI=1S/C21H18N4O/c1-2-18-19(17-7-4-3-6-16(17)14-22)24-25(21(18)10-5-11-21)20(26)15-8-12-23-13-9-15/h2-4,6-9,12-13,18H,1,5,10-11H2. The summed E-state index contributed by atoms with van der Waals surface area (Å²) in [5.74, 6) is -0.222. The summed E-state index contributed by atoms with van der Waals surface area (Å²) in [6.45, 7) is 4.01. The Hall–Kier alpha value is -3.26. The largest absolute Gasteiger partial charge is 0.274 e. The van der Waals surface area contributed by atoms with Gasteiger partial charge >= 0.3 is 0 Å². The number of pyridine rings is 1. The number of nitrogens with zero attached hydrogens (tertiary/aromatic N) is 4. The van der Waals surface area contributed by atoms with Gasteiger partial charge in [0.25, 0.3) is 5.91 Å². The molecule has 0 bridgehead atoms. The van der Waals surface area contributed by atoms with Gasteiger partial charge in [-0.1, -0.05) is 24.3 Å². The summed E-state index contributed by atoms with van der Waals surface area (Å²) in [5.41, 5.74) is 2.27. The van der Waals surface area contributed by atoms with Crippen LogP contribution in [0.1, 0.15) is 40.7 Å². The number of carbonyl (C=O) groups excluding carboxylic acids is 1. The van der Waals surface area contributed by atoms with E-state index in [-0.39, 0.29) is 17.4 Å². The SMILES string of the molecule is C=CC1C(c2ccccc2C#N)=NN(C(=O)c2ccncc2)C12CCC2. The van der Waals surface area contributed by atoms with Gasteiger partial charge in [0.15, 0.2) is 0 Å². The molecular formula is C21H18N4O. The number of hydrogen-bond acceptors (Lipinski definition) is 4. The molecule has 5 nitrogen and oxygen atoms in total. The van der Waals surface area contributed by atoms with E-state index in [0.29, 0.717) is 11.1 Å². The van der Waals surface area contributed by atoms with Crippen molar-refractivity contribution in [2.24, 2.45) is 11.0 Å². The molecule has 1 aliphatic heterocycles. The lowest BCUT2D eigenvalue weighted by atomic mass is 9.66. The average molecular weight is 342 g/mol. The first-order valence-electron chi connectivity index (χ1n) is 8.66. The average Bonchev–Trinajstić information content (AvgIpc) is 3.03. The molecule has 0 radical (unpaired) electrons. The van der Waals surface area contributed by atoms with Crippen LogP contribution in [0.4, 0.5) is 0 Å². The van der Waals surface area contributed by atoms with Crippen molar-refractivity contribution >= 4 is 11.6 Å². The van der Waals surface area contributed by atoms with Crippen LogP contribution in [0.15, 0.2) is 66.5 Å². The predicted octanol–water partition coefficient (Wildman–Crippen LogP) is 3.54. The van der Waals surface area contributed by atoms with E-state index in [4.69, 9.17) is 5.10 Å². The van der Waals surface area contributed by atoms with E-state index in [1.807, 2.05) is 24.3 Å². The Kier molecular flexibility index (Phi) is 3.89. The number of benzene rings is 1. The van der Waals surface area contributed by atoms with E-state index in [1.54, 1.807) is 35.6 Å². The van der Waals surface area contributed by atoms with Gasteiger partial charge in [0.1, 0.15) is 0 Å². The molecule has 4 rings (SSSR count). The zero-order valence-corrected chi connectivity index (χ0v) is 14.3. The lowest BCUT2D eigenvalue weighted by Crippen LogP contribution is -2.55. The normalized spacial score (nSPS) is 20.2. The third kappa shape index (κ3) is 2.26. The highest BCUT2D eigenvalue weighted by Crippen LogP contribution is 2.50. The zero-order chi connectivity index (χ0) is 18.1. The van der Waals surface area contributed by atoms with Gasteiger partial charge in [-0.3, -0.25) is 9.78 Å². The second-order valence-corrected chi connectivity index (χ2v) is 6.67. The zero-order valence-electron chi connectivity index (χ0n) is 14.3. The molecule has 5 heteroatoms. The Bertz CT molecular complexity index is 938. The smallest absolute Gasteiger partial charge is 0.267 e. The van der Waals surface area contributed by atoms with Crippen LogP contribution in [0, 0.1) is 17.2 Å². The number of hydrazone groups is 1. The first-order chi connectivity index (χ1) is 12.7. The maximum absolute atomic E-state index is 13.1. The third-order valence-corrected chi connectivity index (χ3v) is 5.40. The summed E-state index contributed by atoms with van der Waals surface area (Å²) in [7, 11) is 0. The Balaban J connectivity index is 1.83. The summed E-state index contributed by atoms with van der Waals surface area (Å²) < 4.78 is 0. The maximum atomic E-state index is 13.1. The molecule has 2 aromatic rings. The molecule has 0 N–H and O–H groups in total. The van der Waals surface area contributed by atoms with Gasteiger partial charge in [-0.2, -0.15) is 10.4 Å². The van der Waals surface area contributed by atoms with Gasteiger partial charge in [0, 0.05) is 29.4 Å². The van der Waals surface area contributed by atoms with Crippen LogP contribution in [0.2, 0.25) is 0 Å². The number of nitriles is 1. The summed E-state index contributed by atoms with van der Waals surface area (Å²) in [5, 5.41) is 15.8. The lowest BCUT2D eigenvalue weighted by Gasteiger charge is -2.47. The molecule has 0 saturated heterocycles. The molecule has 1 spiro atoms. The Morgan fingerprint density at radius 3 is 2.62 bits per heavy atom. The van der Waals surface area contributed by atoms with Crippen LogP contribution in [0.25, 0.3) is 0 Å². The van der Waals surface area contributed by atoms with Crippen LogP contribution in [-0.4, -0.2) is 27.2 Å². The van der Waals surface area contributed by atoms with E-state index in [1.165, 1.54) is 0 Å². The van der Waals surface area contributed by atoms with Crippen molar-refractivity contribution in [3.05, 3.63) is 78.1 Å². The number of carbonyl (C=O) groups is 1. The molecule has 1 fully saturated rings. The van der Waals surface area contributed by atoms with E-state index in [2.05, 4.69) is 17.6 Å². The Morgan fingerprint density at radius 1 is 1.27 bits per heavy atom. The fourth-order valence-electron chi connectivity index (χ4n) is 3.94. The van der Waals surface area contributed by atoms with E-state index >= 15 is 0 Å². The summed E-state index contributed by atoms with van der Waals surface area (Å²) in [6.07, 6.45) is 7.89. The molecule has 1 aliphatic carbocycles. The van der Waals surface area contributed by atoms with Gasteiger partial charge in [-0.15, -0.1) is 6.58 Å². The van der Waals surface area contributed by atoms with Crippen molar-refractivity contribution in [2.75, 3.05) is 0 Å². The molecule has 1 amide bonds. The predicted molar refractivity (Wildman–Crippen MR) is 98.4 cm³/mol. The van der Waals surface area contributed by atoms with Crippen LogP contribution in [0.3, 0.4) is 0 Å². The van der Waals surface area contributed by atoms with Gasteiger partial charge in [-0.05, 0) is 37.5 Å². The topological polar surface area (TPSA) is 69.3 Å². The van der Waals surface area contributed by atoms with Crippen LogP contribution in [-0.2, 0) is 0 Å². The lowest BCUT2D eigenvalue weighted by molar-refractivity contribution is 0.0182. The first-order valence-corrected chi connectivity index (χ1v) is 8.66. The van der Waals surface area contributed by atoms with Gasteiger partial charge in [-0.25, -0.2) is 5.01 Å². The second-order valence-electron chi connectivity index (χ2n) is 6.67. The Morgan fingerprint density at radius 2 is 2.00 bits per heavy atom. The van der Waals surface area contributed by atoms with Gasteiger partial charge in [0.05, 0.1) is 22.9 Å². The highest BCUT2D eigenvalue weighted by Gasteiger charge is 2.56. The minimum Gasteiger partial charge on any atom is -0.267 e. The second kappa shape index (κ2) is 6.23. The summed E-state index contributed by atoms with van der Waals surface area (Å²) in [4.78, 5) is 17.1. The van der Waals surface area contributed by atoms with Crippen molar-refractivity contribution in [2.45, 2.75) is 24.8 Å². The van der Waals surface area contributed by atoms with Crippen molar-refractivity contribution in [3.63, 3.8) is 0 Å². The van der Waals surface area contributed by atoms with E-state index in [9.17, 15) is 10.1 Å². The fraction of sp³-hybridized carbons (Fsp3) is 0.238. The molecule has 2 aliphatic rings. The minimum atomic E-state index is -0.375. The third-order valence-electron chi connectivity index (χ3n) is 5.40. The fourth-order valence-corrected chi connectivity index (χ4v) is 3.94. The van der Waals surface area contributed by atoms with Crippen LogP contribution in [0.5, 0.6) is 0 Å². The van der Waals surface area contributed by atoms with Crippen LogP contribution < -0.4 is 0 Å². The molecule has 26 heavy (non-hydrogen) atoms. The molecule has 1 saturated carbocycles. The quantitative estimate of drug-likeness (QED) is 0.801. The van der Waals surface area contributed by atoms with Gasteiger partial charge < -0.3 is 0 Å². The first kappa shape index (κ1) is 16.2. The summed E-state index contributed by atoms with van der Waals surface area (Å²) in [6, 6.07) is 13.0. The van der Waals surface area contributed by atoms with Gasteiger partial charge in [0.2, 0.25) is 0 Å². The highest BCUT2D eigenvalue weighted by atomic mass is 16.2. The van der Waals surface area contributed by atoms with Crippen molar-refractivity contribution in [1.82, 2.24) is 9.99 Å². The Labute approximate surface area is 152 Å². The molecule has 2 heterocycles. The number of rotatable bonds is 3.